The van der Waals surface area contributed by atoms with E-state index >= 15 is 0 Å². The molecule has 0 saturated heterocycles. The average Bonchev–Trinajstić information content (AvgIpc) is 2.83. The molecule has 1 atom stereocenters. The molecule has 2 nitrogen and oxygen atoms in total. The monoisotopic (exact) mass is 286 g/mol. The summed E-state index contributed by atoms with van der Waals surface area (Å²) in [6.45, 7) is 0. The molecule has 0 saturated carbocycles. The summed E-state index contributed by atoms with van der Waals surface area (Å²) < 4.78 is 13.3. The zero-order valence-electron chi connectivity index (χ0n) is 10.7. The fraction of sp³-hybridized carbons (Fsp3) is 0.188. The lowest BCUT2D eigenvalue weighted by Gasteiger charge is -2.16. The van der Waals surface area contributed by atoms with Crippen LogP contribution in [0.3, 0.4) is 0 Å². The van der Waals surface area contributed by atoms with Crippen LogP contribution < -0.4 is 5.32 Å². The molecule has 0 spiro atoms. The second-order valence-electron chi connectivity index (χ2n) is 4.89. The first-order valence-corrected chi connectivity index (χ1v) is 6.79. The van der Waals surface area contributed by atoms with Gasteiger partial charge in [-0.15, -0.1) is 0 Å². The Hall–Kier alpha value is -2.05. The van der Waals surface area contributed by atoms with Crippen molar-refractivity contribution in [2.75, 3.05) is 5.32 Å². The number of nitrogens with one attached hydrogen (secondary N) is 1. The van der Waals surface area contributed by atoms with Gasteiger partial charge in [0.15, 0.2) is 0 Å². The van der Waals surface area contributed by atoms with Crippen molar-refractivity contribution in [2.24, 2.45) is 0 Å². The molecule has 2 aromatic rings. The molecule has 1 unspecified atom stereocenters. The maximum Gasteiger partial charge on any atom is 0.141 e. The summed E-state index contributed by atoms with van der Waals surface area (Å²) in [5, 5.41) is 13.0. The first-order chi connectivity index (χ1) is 9.67. The van der Waals surface area contributed by atoms with E-state index in [1.807, 2.05) is 24.3 Å². The van der Waals surface area contributed by atoms with E-state index in [-0.39, 0.29) is 11.6 Å². The molecular weight excluding hydrogens is 275 g/mol. The van der Waals surface area contributed by atoms with Crippen LogP contribution in [0.4, 0.5) is 10.1 Å². The first kappa shape index (κ1) is 13.0. The lowest BCUT2D eigenvalue weighted by molar-refractivity contribution is 0.624. The van der Waals surface area contributed by atoms with Crippen molar-refractivity contribution >= 4 is 17.3 Å². The van der Waals surface area contributed by atoms with Crippen molar-refractivity contribution in [3.05, 3.63) is 63.9 Å². The Kier molecular flexibility index (Phi) is 3.33. The van der Waals surface area contributed by atoms with Crippen molar-refractivity contribution in [1.82, 2.24) is 0 Å². The van der Waals surface area contributed by atoms with Crippen molar-refractivity contribution in [3.8, 4) is 6.07 Å². The quantitative estimate of drug-likeness (QED) is 0.885. The molecule has 1 N–H and O–H groups in total. The van der Waals surface area contributed by atoms with E-state index in [1.165, 1.54) is 17.2 Å². The summed E-state index contributed by atoms with van der Waals surface area (Å²) in [5.41, 5.74) is 3.29. The zero-order valence-corrected chi connectivity index (χ0v) is 11.4. The van der Waals surface area contributed by atoms with Crippen LogP contribution in [-0.2, 0) is 6.42 Å². The molecule has 0 radical (unpaired) electrons. The lowest BCUT2D eigenvalue weighted by Crippen LogP contribution is -2.07. The topological polar surface area (TPSA) is 35.8 Å². The van der Waals surface area contributed by atoms with E-state index in [4.69, 9.17) is 16.9 Å². The predicted molar refractivity (Wildman–Crippen MR) is 77.3 cm³/mol. The number of benzene rings is 2. The van der Waals surface area contributed by atoms with Gasteiger partial charge in [0.1, 0.15) is 11.9 Å². The highest BCUT2D eigenvalue weighted by Gasteiger charge is 2.22. The Bertz CT molecular complexity index is 706. The van der Waals surface area contributed by atoms with E-state index in [2.05, 4.69) is 5.32 Å². The SMILES string of the molecule is N#Cc1cc(NC2CCc3cc(Cl)ccc32)ccc1F. The maximum atomic E-state index is 13.3. The van der Waals surface area contributed by atoms with Crippen molar-refractivity contribution < 1.29 is 4.39 Å². The minimum absolute atomic E-state index is 0.0596. The number of halogens is 2. The van der Waals surface area contributed by atoms with Crippen LogP contribution in [0.25, 0.3) is 0 Å². The number of aryl methyl sites for hydroxylation is 1. The fourth-order valence-corrected chi connectivity index (χ4v) is 2.83. The predicted octanol–water partition coefficient (Wildman–Crippen LogP) is 4.45. The van der Waals surface area contributed by atoms with Crippen molar-refractivity contribution in [3.63, 3.8) is 0 Å². The number of nitrogens with zero attached hydrogens (tertiary/aromatic N) is 1. The highest BCUT2D eigenvalue weighted by molar-refractivity contribution is 6.30. The van der Waals surface area contributed by atoms with Gasteiger partial charge in [0.05, 0.1) is 11.6 Å². The molecule has 20 heavy (non-hydrogen) atoms. The summed E-state index contributed by atoms with van der Waals surface area (Å²) in [7, 11) is 0. The van der Waals surface area contributed by atoms with E-state index in [1.54, 1.807) is 12.1 Å². The van der Waals surface area contributed by atoms with Crippen molar-refractivity contribution in [2.45, 2.75) is 18.9 Å². The van der Waals surface area contributed by atoms with Gasteiger partial charge < -0.3 is 5.32 Å². The molecule has 0 aromatic heterocycles. The third kappa shape index (κ3) is 2.35. The molecule has 1 aliphatic rings. The summed E-state index contributed by atoms with van der Waals surface area (Å²) in [5.74, 6) is -0.489. The van der Waals surface area contributed by atoms with Gasteiger partial charge in [0.25, 0.3) is 0 Å². The highest BCUT2D eigenvalue weighted by Crippen LogP contribution is 2.35. The van der Waals surface area contributed by atoms with Crippen molar-refractivity contribution in [1.29, 1.82) is 5.26 Å². The summed E-state index contributed by atoms with van der Waals surface area (Å²) in [6, 6.07) is 12.4. The van der Waals surface area contributed by atoms with Gasteiger partial charge in [0, 0.05) is 10.7 Å². The summed E-state index contributed by atoms with van der Waals surface area (Å²) in [6.07, 6.45) is 1.94. The lowest BCUT2D eigenvalue weighted by atomic mass is 10.1. The standard InChI is InChI=1S/C16H12ClFN2/c17-12-2-4-14-10(7-12)1-6-16(14)20-13-3-5-15(18)11(8-13)9-19/h2-5,7-8,16,20H,1,6H2. The molecule has 0 amide bonds. The minimum Gasteiger partial charge on any atom is -0.378 e. The van der Waals surface area contributed by atoms with Crippen LogP contribution in [0.5, 0.6) is 0 Å². The van der Waals surface area contributed by atoms with Gasteiger partial charge in [-0.1, -0.05) is 17.7 Å². The molecule has 0 fully saturated rings. The molecule has 1 aliphatic carbocycles. The third-order valence-electron chi connectivity index (χ3n) is 3.61. The third-order valence-corrected chi connectivity index (χ3v) is 3.85. The number of fused-ring (bicyclic) bond motifs is 1. The molecule has 0 bridgehead atoms. The second-order valence-corrected chi connectivity index (χ2v) is 5.32. The Balaban J connectivity index is 1.86. The molecule has 3 rings (SSSR count). The maximum absolute atomic E-state index is 13.3. The molecule has 0 aliphatic heterocycles. The molecular formula is C16H12ClFN2. The van der Waals surface area contributed by atoms with Gasteiger partial charge in [-0.05, 0) is 54.3 Å². The number of hydrogen-bond donors (Lipinski definition) is 1. The van der Waals surface area contributed by atoms with E-state index < -0.39 is 5.82 Å². The van der Waals surface area contributed by atoms with Gasteiger partial charge in [-0.2, -0.15) is 5.26 Å². The van der Waals surface area contributed by atoms with Crippen LogP contribution in [0.2, 0.25) is 5.02 Å². The smallest absolute Gasteiger partial charge is 0.141 e. The van der Waals surface area contributed by atoms with E-state index in [0.29, 0.717) is 0 Å². The van der Waals surface area contributed by atoms with Crippen LogP contribution >= 0.6 is 11.6 Å². The minimum atomic E-state index is -0.489. The Morgan fingerprint density at radius 3 is 2.90 bits per heavy atom. The van der Waals surface area contributed by atoms with Gasteiger partial charge in [0.2, 0.25) is 0 Å². The van der Waals surface area contributed by atoms with Crippen LogP contribution in [-0.4, -0.2) is 0 Å². The summed E-state index contributed by atoms with van der Waals surface area (Å²) in [4.78, 5) is 0. The van der Waals surface area contributed by atoms with Crippen LogP contribution in [0.1, 0.15) is 29.2 Å². The van der Waals surface area contributed by atoms with Gasteiger partial charge in [-0.25, -0.2) is 4.39 Å². The summed E-state index contributed by atoms with van der Waals surface area (Å²) >= 11 is 5.99. The van der Waals surface area contributed by atoms with E-state index in [0.717, 1.165) is 23.6 Å². The highest BCUT2D eigenvalue weighted by atomic mass is 35.5. The number of hydrogen-bond acceptors (Lipinski definition) is 2. The second kappa shape index (κ2) is 5.15. The average molecular weight is 287 g/mol. The number of rotatable bonds is 2. The molecule has 4 heteroatoms. The fourth-order valence-electron chi connectivity index (χ4n) is 2.64. The molecule has 0 heterocycles. The number of nitriles is 1. The normalized spacial score (nSPS) is 16.6. The van der Waals surface area contributed by atoms with Crippen LogP contribution in [0.15, 0.2) is 36.4 Å². The zero-order chi connectivity index (χ0) is 14.1. The number of anilines is 1. The van der Waals surface area contributed by atoms with Gasteiger partial charge in [-0.3, -0.25) is 0 Å². The first-order valence-electron chi connectivity index (χ1n) is 6.42. The Morgan fingerprint density at radius 1 is 1.25 bits per heavy atom. The van der Waals surface area contributed by atoms with Gasteiger partial charge >= 0.3 is 0 Å². The Labute approximate surface area is 121 Å². The largest absolute Gasteiger partial charge is 0.378 e. The molecule has 100 valence electrons. The Morgan fingerprint density at radius 2 is 2.10 bits per heavy atom. The molecule has 2 aromatic carbocycles. The van der Waals surface area contributed by atoms with Crippen LogP contribution in [0, 0.1) is 17.1 Å². The van der Waals surface area contributed by atoms with E-state index in [9.17, 15) is 4.39 Å².